The van der Waals surface area contributed by atoms with Crippen LogP contribution in [0.4, 0.5) is 0 Å². The monoisotopic (exact) mass is 361 g/mol. The van der Waals surface area contributed by atoms with E-state index in [2.05, 4.69) is 39.0 Å². The van der Waals surface area contributed by atoms with Gasteiger partial charge in [0, 0.05) is 11.1 Å². The molecule has 1 aliphatic rings. The molecule has 3 aromatic rings. The van der Waals surface area contributed by atoms with Gasteiger partial charge in [-0.05, 0) is 66.8 Å². The molecule has 0 fully saturated rings. The zero-order valence-corrected chi connectivity index (χ0v) is 15.6. The molecule has 1 unspecified atom stereocenters. The smallest absolute Gasteiger partial charge is 0.251 e. The Labute approximate surface area is 158 Å². The molecule has 27 heavy (non-hydrogen) atoms. The Balaban J connectivity index is 1.58. The molecule has 0 radical (unpaired) electrons. The Hall–Kier alpha value is -3.02. The number of nitrogens with one attached hydrogen (secondary N) is 1. The van der Waals surface area contributed by atoms with Crippen molar-refractivity contribution in [3.05, 3.63) is 65.2 Å². The van der Waals surface area contributed by atoms with Crippen molar-refractivity contribution >= 4 is 5.91 Å². The molecule has 1 N–H and O–H groups in total. The first-order valence-corrected chi connectivity index (χ1v) is 9.40. The fourth-order valence-corrected chi connectivity index (χ4v) is 3.68. The molecule has 1 atom stereocenters. The molecule has 1 aromatic heterocycles. The Bertz CT molecular complexity index is 962. The number of tetrazole rings is 1. The Morgan fingerprint density at radius 2 is 2.04 bits per heavy atom. The average molecular weight is 361 g/mol. The van der Waals surface area contributed by atoms with Gasteiger partial charge in [-0.3, -0.25) is 4.79 Å². The van der Waals surface area contributed by atoms with Gasteiger partial charge in [0.05, 0.1) is 12.1 Å². The summed E-state index contributed by atoms with van der Waals surface area (Å²) in [5, 5.41) is 15.1. The van der Waals surface area contributed by atoms with Gasteiger partial charge in [-0.1, -0.05) is 36.4 Å². The highest BCUT2D eigenvalue weighted by Gasteiger charge is 2.22. The summed E-state index contributed by atoms with van der Waals surface area (Å²) in [4.78, 5) is 12.9. The number of hydrogen-bond acceptors (Lipinski definition) is 4. The molecule has 138 valence electrons. The van der Waals surface area contributed by atoms with E-state index in [0.717, 1.165) is 24.8 Å². The van der Waals surface area contributed by atoms with Crippen molar-refractivity contribution in [2.75, 3.05) is 0 Å². The van der Waals surface area contributed by atoms with Crippen molar-refractivity contribution in [2.24, 2.45) is 0 Å². The highest BCUT2D eigenvalue weighted by molar-refractivity contribution is 5.95. The predicted octanol–water partition coefficient (Wildman–Crippen LogP) is 3.73. The number of carbonyl (C=O) groups excluding carboxylic acids is 1. The fraction of sp³-hybridized carbons (Fsp3) is 0.333. The number of amides is 1. The minimum atomic E-state index is -0.0675. The van der Waals surface area contributed by atoms with Gasteiger partial charge in [0.2, 0.25) is 0 Å². The number of hydrogen-bond donors (Lipinski definition) is 1. The van der Waals surface area contributed by atoms with E-state index in [1.165, 1.54) is 11.1 Å². The molecule has 4 rings (SSSR count). The van der Waals surface area contributed by atoms with Crippen molar-refractivity contribution < 1.29 is 4.79 Å². The van der Waals surface area contributed by atoms with Crippen LogP contribution in [0.5, 0.6) is 0 Å². The number of carbonyl (C=O) groups is 1. The van der Waals surface area contributed by atoms with Crippen molar-refractivity contribution in [1.29, 1.82) is 0 Å². The normalized spacial score (nSPS) is 16.2. The van der Waals surface area contributed by atoms with Crippen LogP contribution in [0, 0.1) is 0 Å². The summed E-state index contributed by atoms with van der Waals surface area (Å²) in [7, 11) is 0. The van der Waals surface area contributed by atoms with E-state index < -0.39 is 0 Å². The molecule has 0 spiro atoms. The summed E-state index contributed by atoms with van der Waals surface area (Å²) in [5.41, 5.74) is 4.02. The van der Waals surface area contributed by atoms with Crippen LogP contribution in [-0.2, 0) is 6.42 Å². The maximum atomic E-state index is 12.9. The van der Waals surface area contributed by atoms with E-state index in [-0.39, 0.29) is 18.0 Å². The van der Waals surface area contributed by atoms with Gasteiger partial charge in [0.1, 0.15) is 0 Å². The summed E-state index contributed by atoms with van der Waals surface area (Å²) in [6.45, 7) is 4.05. The number of nitrogens with zero attached hydrogens (tertiary/aromatic N) is 4. The van der Waals surface area contributed by atoms with Crippen molar-refractivity contribution in [2.45, 2.75) is 45.2 Å². The van der Waals surface area contributed by atoms with Crippen molar-refractivity contribution in [3.63, 3.8) is 0 Å². The first-order chi connectivity index (χ1) is 13.1. The third-order valence-corrected chi connectivity index (χ3v) is 5.04. The fourth-order valence-electron chi connectivity index (χ4n) is 3.68. The van der Waals surface area contributed by atoms with E-state index in [0.29, 0.717) is 11.4 Å². The topological polar surface area (TPSA) is 72.7 Å². The highest BCUT2D eigenvalue weighted by Crippen LogP contribution is 2.30. The molecule has 0 saturated heterocycles. The van der Waals surface area contributed by atoms with Crippen LogP contribution in [0.15, 0.2) is 48.5 Å². The van der Waals surface area contributed by atoms with E-state index in [1.54, 1.807) is 4.68 Å². The third kappa shape index (κ3) is 3.47. The number of aromatic nitrogens is 4. The standard InChI is InChI=1S/C21H23N5O/c1-14(2)26-20(23-24-25-26)16-9-5-10-17(13-16)21(27)22-19-12-6-8-15-7-3-4-11-18(15)19/h3-5,7,9-11,13-14,19H,6,8,12H2,1-2H3,(H,22,27). The second kappa shape index (κ2) is 7.31. The average Bonchev–Trinajstić information content (AvgIpc) is 3.19. The summed E-state index contributed by atoms with van der Waals surface area (Å²) in [6, 6.07) is 16.1. The van der Waals surface area contributed by atoms with Gasteiger partial charge in [0.15, 0.2) is 5.82 Å². The van der Waals surface area contributed by atoms with Crippen molar-refractivity contribution in [3.8, 4) is 11.4 Å². The SMILES string of the molecule is CC(C)n1nnnc1-c1cccc(C(=O)NC2CCCc3ccccc32)c1. The first-order valence-electron chi connectivity index (χ1n) is 9.40. The zero-order chi connectivity index (χ0) is 18.8. The number of benzene rings is 2. The molecule has 0 saturated carbocycles. The Kier molecular flexibility index (Phi) is 4.71. The van der Waals surface area contributed by atoms with Gasteiger partial charge in [0.25, 0.3) is 5.91 Å². The van der Waals surface area contributed by atoms with Crippen LogP contribution >= 0.6 is 0 Å². The van der Waals surface area contributed by atoms with Crippen LogP contribution in [-0.4, -0.2) is 26.1 Å². The quantitative estimate of drug-likeness (QED) is 0.768. The molecule has 0 bridgehead atoms. The van der Waals surface area contributed by atoms with Crippen LogP contribution in [0.1, 0.15) is 60.3 Å². The second-order valence-electron chi connectivity index (χ2n) is 7.24. The maximum Gasteiger partial charge on any atom is 0.251 e. The van der Waals surface area contributed by atoms with Crippen molar-refractivity contribution in [1.82, 2.24) is 25.5 Å². The highest BCUT2D eigenvalue weighted by atomic mass is 16.1. The zero-order valence-electron chi connectivity index (χ0n) is 15.6. The lowest BCUT2D eigenvalue weighted by molar-refractivity contribution is 0.0933. The lowest BCUT2D eigenvalue weighted by Crippen LogP contribution is -2.31. The largest absolute Gasteiger partial charge is 0.345 e. The van der Waals surface area contributed by atoms with Gasteiger partial charge in [-0.2, -0.15) is 0 Å². The number of aryl methyl sites for hydroxylation is 1. The molecular weight excluding hydrogens is 338 g/mol. The molecule has 1 amide bonds. The molecule has 2 aromatic carbocycles. The van der Waals surface area contributed by atoms with Gasteiger partial charge < -0.3 is 5.32 Å². The van der Waals surface area contributed by atoms with E-state index in [4.69, 9.17) is 0 Å². The van der Waals surface area contributed by atoms with Gasteiger partial charge in [-0.25, -0.2) is 4.68 Å². The minimum absolute atomic E-state index is 0.0621. The lowest BCUT2D eigenvalue weighted by atomic mass is 9.87. The van der Waals surface area contributed by atoms with Gasteiger partial charge >= 0.3 is 0 Å². The molecule has 0 aliphatic heterocycles. The Morgan fingerprint density at radius 3 is 2.89 bits per heavy atom. The van der Waals surface area contributed by atoms with E-state index in [1.807, 2.05) is 44.2 Å². The Morgan fingerprint density at radius 1 is 1.19 bits per heavy atom. The van der Waals surface area contributed by atoms with E-state index >= 15 is 0 Å². The lowest BCUT2D eigenvalue weighted by Gasteiger charge is -2.26. The maximum absolute atomic E-state index is 12.9. The van der Waals surface area contributed by atoms with Crippen LogP contribution in [0.2, 0.25) is 0 Å². The second-order valence-corrected chi connectivity index (χ2v) is 7.24. The summed E-state index contributed by atoms with van der Waals surface area (Å²) >= 11 is 0. The minimum Gasteiger partial charge on any atom is -0.345 e. The van der Waals surface area contributed by atoms with Crippen LogP contribution < -0.4 is 5.32 Å². The predicted molar refractivity (Wildman–Crippen MR) is 103 cm³/mol. The summed E-state index contributed by atoms with van der Waals surface area (Å²) in [5.74, 6) is 0.602. The third-order valence-electron chi connectivity index (χ3n) is 5.04. The first kappa shape index (κ1) is 17.4. The van der Waals surface area contributed by atoms with Crippen LogP contribution in [0.3, 0.4) is 0 Å². The molecular formula is C21H23N5O. The number of fused-ring (bicyclic) bond motifs is 1. The van der Waals surface area contributed by atoms with Gasteiger partial charge in [-0.15, -0.1) is 5.10 Å². The molecule has 6 nitrogen and oxygen atoms in total. The van der Waals surface area contributed by atoms with E-state index in [9.17, 15) is 4.79 Å². The molecule has 6 heteroatoms. The molecule has 1 heterocycles. The summed E-state index contributed by atoms with van der Waals surface area (Å²) in [6.07, 6.45) is 3.13. The molecule has 1 aliphatic carbocycles. The number of rotatable bonds is 4. The van der Waals surface area contributed by atoms with Crippen LogP contribution in [0.25, 0.3) is 11.4 Å². The summed E-state index contributed by atoms with van der Waals surface area (Å²) < 4.78 is 1.76.